The van der Waals surface area contributed by atoms with E-state index in [1.165, 1.54) is 4.57 Å². The van der Waals surface area contributed by atoms with E-state index in [2.05, 4.69) is 4.98 Å². The number of nitrogens with zero attached hydrogens (tertiary/aromatic N) is 2. The number of aromatic nitrogens is 2. The maximum absolute atomic E-state index is 12.6. The molecule has 0 unspecified atom stereocenters. The molecule has 0 fully saturated rings. The van der Waals surface area contributed by atoms with Gasteiger partial charge in [-0.3, -0.25) is 9.36 Å². The van der Waals surface area contributed by atoms with E-state index in [1.807, 2.05) is 19.1 Å². The Morgan fingerprint density at radius 1 is 1.10 bits per heavy atom. The maximum Gasteiger partial charge on any atom is 0.266 e. The number of fused-ring (bicyclic) bond motifs is 1. The average Bonchev–Trinajstić information content (AvgIpc) is 2.42. The lowest BCUT2D eigenvalue weighted by Crippen LogP contribution is -2.22. The van der Waals surface area contributed by atoms with Crippen LogP contribution in [0, 0.1) is 13.8 Å². The summed E-state index contributed by atoms with van der Waals surface area (Å²) < 4.78 is 1.45. The van der Waals surface area contributed by atoms with Crippen molar-refractivity contribution in [2.45, 2.75) is 13.8 Å². The van der Waals surface area contributed by atoms with Gasteiger partial charge in [0.05, 0.1) is 16.6 Å². The summed E-state index contributed by atoms with van der Waals surface area (Å²) in [5, 5.41) is 10.6. The summed E-state index contributed by atoms with van der Waals surface area (Å²) in [4.78, 5) is 17.1. The van der Waals surface area contributed by atoms with Gasteiger partial charge in [0, 0.05) is 0 Å². The van der Waals surface area contributed by atoms with Crippen LogP contribution in [-0.2, 0) is 0 Å². The summed E-state index contributed by atoms with van der Waals surface area (Å²) in [5.41, 5.74) is 1.93. The molecule has 2 aromatic carbocycles. The highest BCUT2D eigenvalue weighted by atomic mass is 16.3. The second-order valence-corrected chi connectivity index (χ2v) is 4.81. The fraction of sp³-hybridized carbons (Fsp3) is 0.125. The summed E-state index contributed by atoms with van der Waals surface area (Å²) in [6.07, 6.45) is 0. The van der Waals surface area contributed by atoms with Crippen LogP contribution in [0.25, 0.3) is 16.6 Å². The molecule has 4 nitrogen and oxygen atoms in total. The third-order valence-electron chi connectivity index (χ3n) is 3.32. The molecule has 0 radical (unpaired) electrons. The number of hydrogen-bond donors (Lipinski definition) is 1. The number of benzene rings is 2. The van der Waals surface area contributed by atoms with E-state index < -0.39 is 0 Å². The molecule has 20 heavy (non-hydrogen) atoms. The van der Waals surface area contributed by atoms with Crippen LogP contribution in [0.1, 0.15) is 11.4 Å². The van der Waals surface area contributed by atoms with Crippen LogP contribution in [0.5, 0.6) is 5.75 Å². The SMILES string of the molecule is Cc1ccc(O)c(-n2c(C)nc3ccccc3c2=O)c1. The lowest BCUT2D eigenvalue weighted by molar-refractivity contribution is 0.471. The molecule has 0 saturated carbocycles. The highest BCUT2D eigenvalue weighted by molar-refractivity contribution is 5.78. The maximum atomic E-state index is 12.6. The Morgan fingerprint density at radius 2 is 1.85 bits per heavy atom. The van der Waals surface area contributed by atoms with E-state index in [1.54, 1.807) is 37.3 Å². The number of aromatic hydroxyl groups is 1. The molecule has 0 aliphatic rings. The third-order valence-corrected chi connectivity index (χ3v) is 3.32. The number of rotatable bonds is 1. The predicted molar refractivity (Wildman–Crippen MR) is 78.5 cm³/mol. The van der Waals surface area contributed by atoms with Gasteiger partial charge in [0.1, 0.15) is 11.6 Å². The van der Waals surface area contributed by atoms with Crippen LogP contribution >= 0.6 is 0 Å². The van der Waals surface area contributed by atoms with Gasteiger partial charge in [-0.25, -0.2) is 4.98 Å². The van der Waals surface area contributed by atoms with Crippen LogP contribution in [0.3, 0.4) is 0 Å². The fourth-order valence-corrected chi connectivity index (χ4v) is 2.34. The van der Waals surface area contributed by atoms with Crippen molar-refractivity contribution in [1.82, 2.24) is 9.55 Å². The molecule has 4 heteroatoms. The quantitative estimate of drug-likeness (QED) is 0.736. The van der Waals surface area contributed by atoms with Crippen molar-refractivity contribution in [3.8, 4) is 11.4 Å². The Bertz CT molecular complexity index is 866. The lowest BCUT2D eigenvalue weighted by atomic mass is 10.2. The molecule has 0 spiro atoms. The van der Waals surface area contributed by atoms with E-state index in [9.17, 15) is 9.90 Å². The second kappa shape index (κ2) is 4.49. The van der Waals surface area contributed by atoms with Crippen molar-refractivity contribution in [1.29, 1.82) is 0 Å². The minimum Gasteiger partial charge on any atom is -0.506 e. The number of phenols is 1. The molecular formula is C16H14N2O2. The van der Waals surface area contributed by atoms with Gasteiger partial charge in [-0.15, -0.1) is 0 Å². The number of para-hydroxylation sites is 1. The lowest BCUT2D eigenvalue weighted by Gasteiger charge is -2.12. The summed E-state index contributed by atoms with van der Waals surface area (Å²) in [6.45, 7) is 3.67. The van der Waals surface area contributed by atoms with Crippen LogP contribution < -0.4 is 5.56 Å². The zero-order valence-electron chi connectivity index (χ0n) is 11.3. The van der Waals surface area contributed by atoms with E-state index in [0.29, 0.717) is 22.4 Å². The summed E-state index contributed by atoms with van der Waals surface area (Å²) in [7, 11) is 0. The summed E-state index contributed by atoms with van der Waals surface area (Å²) >= 11 is 0. The van der Waals surface area contributed by atoms with Crippen molar-refractivity contribution in [3.05, 3.63) is 64.2 Å². The first-order chi connectivity index (χ1) is 9.58. The molecule has 1 aromatic heterocycles. The summed E-state index contributed by atoms with van der Waals surface area (Å²) in [5.74, 6) is 0.618. The van der Waals surface area contributed by atoms with Gasteiger partial charge in [0.2, 0.25) is 0 Å². The number of phenolic OH excluding ortho intramolecular Hbond substituents is 1. The molecule has 0 bridgehead atoms. The molecule has 0 saturated heterocycles. The van der Waals surface area contributed by atoms with E-state index in [-0.39, 0.29) is 11.3 Å². The van der Waals surface area contributed by atoms with Gasteiger partial charge >= 0.3 is 0 Å². The Hall–Kier alpha value is -2.62. The molecule has 3 rings (SSSR count). The normalized spacial score (nSPS) is 10.9. The van der Waals surface area contributed by atoms with Gasteiger partial charge in [-0.05, 0) is 43.7 Å². The van der Waals surface area contributed by atoms with E-state index in [4.69, 9.17) is 0 Å². The van der Waals surface area contributed by atoms with E-state index in [0.717, 1.165) is 5.56 Å². The van der Waals surface area contributed by atoms with Crippen LogP contribution in [-0.4, -0.2) is 14.7 Å². The highest BCUT2D eigenvalue weighted by Crippen LogP contribution is 2.23. The smallest absolute Gasteiger partial charge is 0.266 e. The number of hydrogen-bond acceptors (Lipinski definition) is 3. The van der Waals surface area contributed by atoms with Gasteiger partial charge in [0.15, 0.2) is 0 Å². The minimum absolute atomic E-state index is 0.0675. The highest BCUT2D eigenvalue weighted by Gasteiger charge is 2.12. The first-order valence-electron chi connectivity index (χ1n) is 6.36. The first-order valence-corrected chi connectivity index (χ1v) is 6.36. The average molecular weight is 266 g/mol. The molecule has 0 aliphatic carbocycles. The summed E-state index contributed by atoms with van der Waals surface area (Å²) in [6, 6.07) is 12.4. The van der Waals surface area contributed by atoms with Crippen LogP contribution in [0.15, 0.2) is 47.3 Å². The van der Waals surface area contributed by atoms with E-state index >= 15 is 0 Å². The van der Waals surface area contributed by atoms with Gasteiger partial charge < -0.3 is 5.11 Å². The zero-order valence-corrected chi connectivity index (χ0v) is 11.3. The molecule has 1 heterocycles. The second-order valence-electron chi connectivity index (χ2n) is 4.81. The molecular weight excluding hydrogens is 252 g/mol. The molecule has 3 aromatic rings. The van der Waals surface area contributed by atoms with Crippen molar-refractivity contribution in [2.24, 2.45) is 0 Å². The zero-order chi connectivity index (χ0) is 14.3. The molecule has 100 valence electrons. The van der Waals surface area contributed by atoms with Crippen molar-refractivity contribution >= 4 is 10.9 Å². The first kappa shape index (κ1) is 12.4. The fourth-order valence-electron chi connectivity index (χ4n) is 2.34. The Morgan fingerprint density at radius 3 is 2.65 bits per heavy atom. The predicted octanol–water partition coefficient (Wildman–Crippen LogP) is 2.71. The Kier molecular flexibility index (Phi) is 2.79. The molecule has 0 aliphatic heterocycles. The minimum atomic E-state index is -0.172. The van der Waals surface area contributed by atoms with Gasteiger partial charge in [-0.2, -0.15) is 0 Å². The third kappa shape index (κ3) is 1.86. The standard InChI is InChI=1S/C16H14N2O2/c1-10-7-8-15(19)14(9-10)18-11(2)17-13-6-4-3-5-12(13)16(18)20/h3-9,19H,1-2H3. The molecule has 1 N–H and O–H groups in total. The largest absolute Gasteiger partial charge is 0.506 e. The molecule has 0 amide bonds. The molecule has 0 atom stereocenters. The van der Waals surface area contributed by atoms with Crippen molar-refractivity contribution < 1.29 is 5.11 Å². The van der Waals surface area contributed by atoms with Crippen LogP contribution in [0.2, 0.25) is 0 Å². The number of aryl methyl sites for hydroxylation is 2. The van der Waals surface area contributed by atoms with Crippen molar-refractivity contribution in [2.75, 3.05) is 0 Å². The van der Waals surface area contributed by atoms with Gasteiger partial charge in [-0.1, -0.05) is 18.2 Å². The van der Waals surface area contributed by atoms with Crippen molar-refractivity contribution in [3.63, 3.8) is 0 Å². The topological polar surface area (TPSA) is 55.1 Å². The Balaban J connectivity index is 2.42. The van der Waals surface area contributed by atoms with Gasteiger partial charge in [0.25, 0.3) is 5.56 Å². The Labute approximate surface area is 116 Å². The monoisotopic (exact) mass is 266 g/mol. The van der Waals surface area contributed by atoms with Crippen LogP contribution in [0.4, 0.5) is 0 Å².